The molecule has 0 aromatic carbocycles. The Morgan fingerprint density at radius 1 is 1.25 bits per heavy atom. The largest absolute Gasteiger partial charge is 0.472 e. The van der Waals surface area contributed by atoms with Gasteiger partial charge in [-0.15, -0.1) is 0 Å². The normalized spacial score (nSPS) is 24.6. The number of rotatable bonds is 3. The number of hydrogen-bond acceptors (Lipinski definition) is 6. The molecule has 0 unspecified atom stereocenters. The van der Waals surface area contributed by atoms with Crippen molar-refractivity contribution in [2.75, 3.05) is 45.2 Å². The van der Waals surface area contributed by atoms with Gasteiger partial charge in [0.1, 0.15) is 6.26 Å². The average Bonchev–Trinajstić information content (AvgIpc) is 3.33. The highest BCUT2D eigenvalue weighted by atomic mass is 16.3. The van der Waals surface area contributed by atoms with Gasteiger partial charge in [-0.3, -0.25) is 9.59 Å². The van der Waals surface area contributed by atoms with E-state index in [9.17, 15) is 9.59 Å². The first-order valence-corrected chi connectivity index (χ1v) is 9.56. The van der Waals surface area contributed by atoms with Crippen molar-refractivity contribution in [2.24, 2.45) is 11.3 Å². The summed E-state index contributed by atoms with van der Waals surface area (Å²) < 4.78 is 5.08. The highest BCUT2D eigenvalue weighted by molar-refractivity contribution is 5.94. The molecule has 2 aromatic heterocycles. The molecule has 2 aromatic rings. The second-order valence-corrected chi connectivity index (χ2v) is 7.85. The number of nitrogens with zero attached hydrogens (tertiary/aromatic N) is 5. The van der Waals surface area contributed by atoms with Crippen molar-refractivity contribution in [1.29, 1.82) is 0 Å². The van der Waals surface area contributed by atoms with Gasteiger partial charge in [-0.2, -0.15) is 0 Å². The summed E-state index contributed by atoms with van der Waals surface area (Å²) in [5.41, 5.74) is 0.0152. The highest BCUT2D eigenvalue weighted by Gasteiger charge is 2.54. The van der Waals surface area contributed by atoms with Crippen molar-refractivity contribution in [3.05, 3.63) is 42.6 Å². The second-order valence-electron chi connectivity index (χ2n) is 7.85. The number of aromatic nitrogens is 2. The minimum absolute atomic E-state index is 0.0181. The summed E-state index contributed by atoms with van der Waals surface area (Å²) in [6.45, 7) is 2.41. The van der Waals surface area contributed by atoms with Crippen molar-refractivity contribution in [2.45, 2.75) is 12.8 Å². The molecule has 0 bridgehead atoms. The maximum Gasteiger partial charge on any atom is 0.257 e. The summed E-state index contributed by atoms with van der Waals surface area (Å²) in [6.07, 6.45) is 7.94. The van der Waals surface area contributed by atoms with Gasteiger partial charge in [-0.05, 0) is 25.0 Å². The summed E-state index contributed by atoms with van der Waals surface area (Å²) in [6, 6.07) is 3.47. The van der Waals surface area contributed by atoms with Crippen molar-refractivity contribution in [1.82, 2.24) is 19.8 Å². The first-order valence-electron chi connectivity index (χ1n) is 9.56. The monoisotopic (exact) mass is 383 g/mol. The summed E-state index contributed by atoms with van der Waals surface area (Å²) >= 11 is 0. The molecule has 8 heteroatoms. The number of hydrogen-bond donors (Lipinski definition) is 0. The van der Waals surface area contributed by atoms with Crippen LogP contribution >= 0.6 is 0 Å². The maximum atomic E-state index is 13.3. The third-order valence-corrected chi connectivity index (χ3v) is 5.91. The number of amides is 2. The van der Waals surface area contributed by atoms with Gasteiger partial charge < -0.3 is 19.1 Å². The minimum atomic E-state index is -0.534. The number of furan rings is 1. The van der Waals surface area contributed by atoms with Crippen molar-refractivity contribution in [3.8, 4) is 0 Å². The van der Waals surface area contributed by atoms with Gasteiger partial charge in [0, 0.05) is 58.6 Å². The van der Waals surface area contributed by atoms with Crippen LogP contribution in [0.25, 0.3) is 0 Å². The van der Waals surface area contributed by atoms with E-state index in [1.54, 1.807) is 43.5 Å². The summed E-state index contributed by atoms with van der Waals surface area (Å²) in [5, 5.41) is 0. The number of likely N-dealkylation sites (tertiary alicyclic amines) is 1. The molecule has 2 saturated heterocycles. The lowest BCUT2D eigenvalue weighted by atomic mass is 9.74. The van der Waals surface area contributed by atoms with Gasteiger partial charge in [-0.1, -0.05) is 0 Å². The van der Waals surface area contributed by atoms with Crippen LogP contribution in [0.1, 0.15) is 23.2 Å². The highest BCUT2D eigenvalue weighted by Crippen LogP contribution is 2.44. The molecule has 0 radical (unpaired) electrons. The summed E-state index contributed by atoms with van der Waals surface area (Å²) in [4.78, 5) is 40.5. The molecule has 28 heavy (non-hydrogen) atoms. The van der Waals surface area contributed by atoms with E-state index in [4.69, 9.17) is 4.42 Å². The Morgan fingerprint density at radius 3 is 2.71 bits per heavy atom. The Kier molecular flexibility index (Phi) is 4.78. The van der Waals surface area contributed by atoms with Crippen molar-refractivity contribution in [3.63, 3.8) is 0 Å². The van der Waals surface area contributed by atoms with E-state index in [0.29, 0.717) is 37.7 Å². The third kappa shape index (κ3) is 3.12. The van der Waals surface area contributed by atoms with E-state index in [0.717, 1.165) is 12.8 Å². The predicted octanol–water partition coefficient (Wildman–Crippen LogP) is 1.52. The fourth-order valence-corrected chi connectivity index (χ4v) is 4.59. The van der Waals surface area contributed by atoms with Crippen LogP contribution in [0, 0.1) is 11.3 Å². The van der Waals surface area contributed by atoms with Crippen LogP contribution < -0.4 is 4.90 Å². The first kappa shape index (κ1) is 18.5. The quantitative estimate of drug-likeness (QED) is 0.799. The molecular weight excluding hydrogens is 358 g/mol. The van der Waals surface area contributed by atoms with Gasteiger partial charge in [0.15, 0.2) is 0 Å². The third-order valence-electron chi connectivity index (χ3n) is 5.91. The van der Waals surface area contributed by atoms with Crippen LogP contribution in [0.15, 0.2) is 41.5 Å². The molecular formula is C20H25N5O3. The number of carbonyl (C=O) groups excluding carboxylic acids is 2. The van der Waals surface area contributed by atoms with Crippen LogP contribution in [0.2, 0.25) is 0 Å². The molecule has 2 atom stereocenters. The van der Waals surface area contributed by atoms with Crippen molar-refractivity contribution >= 4 is 17.8 Å². The topological polar surface area (TPSA) is 82.8 Å². The number of anilines is 1. The molecule has 4 heterocycles. The van der Waals surface area contributed by atoms with Crippen molar-refractivity contribution < 1.29 is 14.0 Å². The van der Waals surface area contributed by atoms with Crippen LogP contribution in [0.3, 0.4) is 0 Å². The number of carbonyl (C=O) groups is 2. The van der Waals surface area contributed by atoms with E-state index in [1.807, 2.05) is 4.90 Å². The van der Waals surface area contributed by atoms with Gasteiger partial charge in [0.05, 0.1) is 17.2 Å². The predicted molar refractivity (Wildman–Crippen MR) is 103 cm³/mol. The second kappa shape index (κ2) is 7.26. The van der Waals surface area contributed by atoms with E-state index in [-0.39, 0.29) is 17.7 Å². The van der Waals surface area contributed by atoms with Crippen LogP contribution in [-0.4, -0.2) is 71.9 Å². The summed E-state index contributed by atoms with van der Waals surface area (Å²) in [7, 11) is 3.60. The van der Waals surface area contributed by atoms with Gasteiger partial charge >= 0.3 is 0 Å². The summed E-state index contributed by atoms with van der Waals surface area (Å²) in [5.74, 6) is 0.726. The Labute approximate surface area is 164 Å². The smallest absolute Gasteiger partial charge is 0.257 e. The maximum absolute atomic E-state index is 13.3. The van der Waals surface area contributed by atoms with E-state index < -0.39 is 5.41 Å². The standard InChI is InChI=1S/C20H25N5O3/c1-23(2)18(27)20-6-3-9-24(17(26)15-5-10-28-13-15)11-16(20)12-25(14-20)19-21-7-4-8-22-19/h4-5,7-8,10,13,16H,3,6,9,11-12,14H2,1-2H3/t16-,20-/m0/s1. The number of fused-ring (bicyclic) bond motifs is 1. The zero-order chi connectivity index (χ0) is 19.7. The lowest BCUT2D eigenvalue weighted by Crippen LogP contribution is -2.47. The molecule has 0 spiro atoms. The fraction of sp³-hybridized carbons (Fsp3) is 0.500. The molecule has 4 rings (SSSR count). The molecule has 2 aliphatic heterocycles. The molecule has 8 nitrogen and oxygen atoms in total. The molecule has 148 valence electrons. The molecule has 0 saturated carbocycles. The van der Waals surface area contributed by atoms with Crippen LogP contribution in [0.4, 0.5) is 5.95 Å². The zero-order valence-corrected chi connectivity index (χ0v) is 16.2. The fourth-order valence-electron chi connectivity index (χ4n) is 4.59. The van der Waals surface area contributed by atoms with E-state index >= 15 is 0 Å². The molecule has 0 aliphatic carbocycles. The molecule has 2 fully saturated rings. The lowest BCUT2D eigenvalue weighted by molar-refractivity contribution is -0.141. The van der Waals surface area contributed by atoms with Crippen LogP contribution in [-0.2, 0) is 4.79 Å². The Bertz CT molecular complexity index is 839. The zero-order valence-electron chi connectivity index (χ0n) is 16.2. The molecule has 2 aliphatic rings. The Hall–Kier alpha value is -2.90. The molecule has 2 amide bonds. The minimum Gasteiger partial charge on any atom is -0.472 e. The van der Waals surface area contributed by atoms with Gasteiger partial charge in [0.25, 0.3) is 5.91 Å². The SMILES string of the molecule is CN(C)C(=O)[C@]12CCCN(C(=O)c3ccoc3)C[C@H]1CN(c1ncccn1)C2. The molecule has 0 N–H and O–H groups in total. The van der Waals surface area contributed by atoms with E-state index in [2.05, 4.69) is 14.9 Å². The first-order chi connectivity index (χ1) is 13.5. The lowest BCUT2D eigenvalue weighted by Gasteiger charge is -2.34. The van der Waals surface area contributed by atoms with E-state index in [1.165, 1.54) is 12.5 Å². The van der Waals surface area contributed by atoms with Gasteiger partial charge in [0.2, 0.25) is 11.9 Å². The average molecular weight is 383 g/mol. The Balaban J connectivity index is 1.64. The Morgan fingerprint density at radius 2 is 2.04 bits per heavy atom. The van der Waals surface area contributed by atoms with Gasteiger partial charge in [-0.25, -0.2) is 9.97 Å². The van der Waals surface area contributed by atoms with Crippen LogP contribution in [0.5, 0.6) is 0 Å².